The summed E-state index contributed by atoms with van der Waals surface area (Å²) in [4.78, 5) is 25.0. The van der Waals surface area contributed by atoms with E-state index in [-0.39, 0.29) is 11.8 Å². The van der Waals surface area contributed by atoms with Gasteiger partial charge in [-0.25, -0.2) is 4.79 Å². The van der Waals surface area contributed by atoms with Gasteiger partial charge in [0.05, 0.1) is 32.9 Å². The molecule has 0 saturated carbocycles. The number of ether oxygens (including phenoxy) is 3. The number of carbonyl (C=O) groups is 2. The van der Waals surface area contributed by atoms with Crippen LogP contribution >= 0.6 is 0 Å². The van der Waals surface area contributed by atoms with E-state index in [1.54, 1.807) is 6.07 Å². The second-order valence-electron chi connectivity index (χ2n) is 4.61. The minimum absolute atomic E-state index is 0.179. The van der Waals surface area contributed by atoms with Crippen molar-refractivity contribution in [3.8, 4) is 17.2 Å². The van der Waals surface area contributed by atoms with Gasteiger partial charge in [-0.15, -0.1) is 0 Å². The number of nitrogens with zero attached hydrogens (tertiary/aromatic N) is 1. The summed E-state index contributed by atoms with van der Waals surface area (Å²) in [5.41, 5.74) is 6.38. The first kappa shape index (κ1) is 12.6. The largest absolute Gasteiger partial charge is 0.493 e. The van der Waals surface area contributed by atoms with Crippen LogP contribution in [0.1, 0.15) is 22.0 Å². The maximum absolute atomic E-state index is 12.4. The van der Waals surface area contributed by atoms with E-state index in [4.69, 9.17) is 19.9 Å². The molecule has 0 unspecified atom stereocenters. The van der Waals surface area contributed by atoms with E-state index in [0.717, 1.165) is 0 Å². The molecule has 1 aromatic rings. The third-order valence-electron chi connectivity index (χ3n) is 3.76. The molecule has 2 amide bonds. The Labute approximate surface area is 115 Å². The Morgan fingerprint density at radius 1 is 1.15 bits per heavy atom. The summed E-state index contributed by atoms with van der Waals surface area (Å²) < 4.78 is 15.8. The molecule has 1 saturated heterocycles. The van der Waals surface area contributed by atoms with Gasteiger partial charge in [-0.2, -0.15) is 0 Å². The fraction of sp³-hybridized carbons (Fsp3) is 0.385. The van der Waals surface area contributed by atoms with Crippen LogP contribution in [0.25, 0.3) is 0 Å². The molecule has 3 rings (SSSR count). The number of benzene rings is 1. The molecule has 2 N–H and O–H groups in total. The van der Waals surface area contributed by atoms with Crippen LogP contribution in [-0.4, -0.2) is 44.1 Å². The van der Waals surface area contributed by atoms with Crippen molar-refractivity contribution in [1.82, 2.24) is 4.90 Å². The highest BCUT2D eigenvalue weighted by atomic mass is 16.5. The number of rotatable bonds is 3. The van der Waals surface area contributed by atoms with Crippen molar-refractivity contribution >= 4 is 11.8 Å². The number of methoxy groups -OCH3 is 3. The number of fused-ring (bicyclic) bond motifs is 3. The number of ketones is 1. The molecule has 1 aromatic carbocycles. The van der Waals surface area contributed by atoms with Gasteiger partial charge in [0.2, 0.25) is 5.75 Å². The van der Waals surface area contributed by atoms with E-state index in [0.29, 0.717) is 28.4 Å². The van der Waals surface area contributed by atoms with E-state index in [1.807, 2.05) is 0 Å². The molecule has 1 heterocycles. The summed E-state index contributed by atoms with van der Waals surface area (Å²) in [6, 6.07) is 0.257. The normalized spacial score (nSPS) is 22.1. The van der Waals surface area contributed by atoms with Crippen molar-refractivity contribution in [3.63, 3.8) is 0 Å². The highest BCUT2D eigenvalue weighted by molar-refractivity contribution is 6.13. The molecule has 1 aliphatic carbocycles. The van der Waals surface area contributed by atoms with Crippen LogP contribution in [0.4, 0.5) is 4.79 Å². The van der Waals surface area contributed by atoms with Crippen molar-refractivity contribution in [3.05, 3.63) is 17.2 Å². The number of primary amides is 1. The number of amides is 2. The Balaban J connectivity index is 2.19. The van der Waals surface area contributed by atoms with Crippen LogP contribution in [0.5, 0.6) is 17.2 Å². The number of hydrogen-bond acceptors (Lipinski definition) is 5. The quantitative estimate of drug-likeness (QED) is 0.822. The lowest BCUT2D eigenvalue weighted by Gasteiger charge is -2.17. The highest BCUT2D eigenvalue weighted by Gasteiger charge is 2.63. The molecule has 0 aromatic heterocycles. The van der Waals surface area contributed by atoms with Crippen LogP contribution in [0, 0.1) is 0 Å². The predicted octanol–water partition coefficient (Wildman–Crippen LogP) is 0.713. The minimum Gasteiger partial charge on any atom is -0.493 e. The Kier molecular flexibility index (Phi) is 2.53. The molecule has 0 radical (unpaired) electrons. The topological polar surface area (TPSA) is 90.9 Å². The molecule has 1 fully saturated rings. The fourth-order valence-corrected chi connectivity index (χ4v) is 2.91. The zero-order valence-electron chi connectivity index (χ0n) is 11.3. The average Bonchev–Trinajstić information content (AvgIpc) is 3.13. The van der Waals surface area contributed by atoms with Crippen molar-refractivity contribution in [2.45, 2.75) is 12.1 Å². The monoisotopic (exact) mass is 278 g/mol. The molecule has 7 heteroatoms. The third-order valence-corrected chi connectivity index (χ3v) is 3.76. The number of nitrogens with two attached hydrogens (primary N) is 1. The summed E-state index contributed by atoms with van der Waals surface area (Å²) in [6.45, 7) is 0. The third kappa shape index (κ3) is 1.34. The first-order valence-corrected chi connectivity index (χ1v) is 6.01. The van der Waals surface area contributed by atoms with Crippen LogP contribution in [0.15, 0.2) is 6.07 Å². The minimum atomic E-state index is -0.604. The first-order valence-electron chi connectivity index (χ1n) is 6.01. The van der Waals surface area contributed by atoms with Gasteiger partial charge in [0.25, 0.3) is 0 Å². The number of hydrogen-bond donors (Lipinski definition) is 1. The maximum Gasteiger partial charge on any atom is 0.316 e. The van der Waals surface area contributed by atoms with E-state index >= 15 is 0 Å². The Morgan fingerprint density at radius 3 is 2.30 bits per heavy atom. The van der Waals surface area contributed by atoms with Crippen LogP contribution in [0.3, 0.4) is 0 Å². The van der Waals surface area contributed by atoms with Gasteiger partial charge < -0.3 is 24.8 Å². The maximum atomic E-state index is 12.4. The second-order valence-corrected chi connectivity index (χ2v) is 4.61. The Hall–Kier alpha value is -2.44. The zero-order valence-corrected chi connectivity index (χ0v) is 11.3. The van der Waals surface area contributed by atoms with Gasteiger partial charge in [-0.1, -0.05) is 0 Å². The molecule has 0 spiro atoms. The summed E-state index contributed by atoms with van der Waals surface area (Å²) in [5, 5.41) is 0. The molecular formula is C13H14N2O5. The first-order chi connectivity index (χ1) is 9.56. The summed E-state index contributed by atoms with van der Waals surface area (Å²) in [6.07, 6.45) is 0. The molecule has 2 atom stereocenters. The van der Waals surface area contributed by atoms with E-state index in [2.05, 4.69) is 0 Å². The van der Waals surface area contributed by atoms with Crippen molar-refractivity contribution in [2.24, 2.45) is 5.73 Å². The number of Topliss-reactive ketones (excluding diaryl/α,β-unsaturated/α-hetero) is 1. The van der Waals surface area contributed by atoms with Crippen molar-refractivity contribution in [2.75, 3.05) is 21.3 Å². The fourth-order valence-electron chi connectivity index (χ4n) is 2.91. The Bertz CT molecular complexity index is 628. The van der Waals surface area contributed by atoms with Gasteiger partial charge in [-0.05, 0) is 11.6 Å². The Morgan fingerprint density at radius 2 is 1.80 bits per heavy atom. The molecule has 1 aliphatic heterocycles. The van der Waals surface area contributed by atoms with E-state index < -0.39 is 12.1 Å². The standard InChI is InChI=1S/C13H14N2O5/c1-18-6-4-5-7(12(20-3)11(6)19-2)10(16)9-8(5)15(9)13(14)17/h4,8-9H,1-3H3,(H2,14,17)/t8-,9-,15?/m0/s1. The molecular weight excluding hydrogens is 264 g/mol. The second kappa shape index (κ2) is 4.03. The lowest BCUT2D eigenvalue weighted by molar-refractivity contribution is 0.0976. The lowest BCUT2D eigenvalue weighted by atomic mass is 10.0. The summed E-state index contributed by atoms with van der Waals surface area (Å²) in [5.74, 6) is 0.979. The number of urea groups is 1. The SMILES string of the molecule is COc1cc2c(c(OC)c1OC)C(=O)[C@@H]1[C@H]2N1C(N)=O. The van der Waals surface area contributed by atoms with Crippen LogP contribution in [-0.2, 0) is 0 Å². The smallest absolute Gasteiger partial charge is 0.316 e. The van der Waals surface area contributed by atoms with Gasteiger partial charge in [0.1, 0.15) is 6.04 Å². The average molecular weight is 278 g/mol. The summed E-state index contributed by atoms with van der Waals surface area (Å²) >= 11 is 0. The van der Waals surface area contributed by atoms with Crippen LogP contribution in [0.2, 0.25) is 0 Å². The van der Waals surface area contributed by atoms with E-state index in [9.17, 15) is 9.59 Å². The highest BCUT2D eigenvalue weighted by Crippen LogP contribution is 2.57. The predicted molar refractivity (Wildman–Crippen MR) is 68.4 cm³/mol. The van der Waals surface area contributed by atoms with Crippen molar-refractivity contribution in [1.29, 1.82) is 0 Å². The van der Waals surface area contributed by atoms with Gasteiger partial charge >= 0.3 is 6.03 Å². The lowest BCUT2D eigenvalue weighted by Crippen LogP contribution is -2.26. The molecule has 0 bridgehead atoms. The number of carbonyl (C=O) groups excluding carboxylic acids is 2. The molecule has 20 heavy (non-hydrogen) atoms. The van der Waals surface area contributed by atoms with Crippen molar-refractivity contribution < 1.29 is 23.8 Å². The van der Waals surface area contributed by atoms with Crippen LogP contribution < -0.4 is 19.9 Å². The molecule has 2 aliphatic rings. The van der Waals surface area contributed by atoms with Gasteiger partial charge in [0.15, 0.2) is 17.3 Å². The summed E-state index contributed by atoms with van der Waals surface area (Å²) in [7, 11) is 4.43. The molecule has 106 valence electrons. The zero-order chi connectivity index (χ0) is 14.6. The van der Waals surface area contributed by atoms with E-state index in [1.165, 1.54) is 26.2 Å². The van der Waals surface area contributed by atoms with Gasteiger partial charge in [-0.3, -0.25) is 4.79 Å². The molecule has 7 nitrogen and oxygen atoms in total. The van der Waals surface area contributed by atoms with Gasteiger partial charge in [0, 0.05) is 0 Å².